The van der Waals surface area contributed by atoms with Crippen LogP contribution in [0, 0.1) is 0 Å². The molecular formula is C15H16F7NO3. The Balaban J connectivity index is 2.80. The van der Waals surface area contributed by atoms with Gasteiger partial charge in [0.25, 0.3) is 0 Å². The van der Waals surface area contributed by atoms with Crippen molar-refractivity contribution in [2.75, 3.05) is 0 Å². The second-order valence-electron chi connectivity index (χ2n) is 5.78. The Morgan fingerprint density at radius 2 is 1.81 bits per heavy atom. The molecule has 148 valence electrons. The van der Waals surface area contributed by atoms with E-state index in [-0.39, 0.29) is 5.56 Å². The Bertz CT molecular complexity index is 632. The third kappa shape index (κ3) is 5.75. The van der Waals surface area contributed by atoms with Gasteiger partial charge in [0.2, 0.25) is 5.91 Å². The molecule has 1 aromatic carbocycles. The van der Waals surface area contributed by atoms with Crippen molar-refractivity contribution in [2.24, 2.45) is 0 Å². The van der Waals surface area contributed by atoms with Crippen LogP contribution in [0.15, 0.2) is 24.3 Å². The third-order valence-electron chi connectivity index (χ3n) is 3.47. The molecular weight excluding hydrogens is 375 g/mol. The molecule has 26 heavy (non-hydrogen) atoms. The fourth-order valence-electron chi connectivity index (χ4n) is 2.02. The van der Waals surface area contributed by atoms with Gasteiger partial charge in [0.05, 0.1) is 12.5 Å². The Labute approximate surface area is 143 Å². The maximum Gasteiger partial charge on any atom is 0.573 e. The van der Waals surface area contributed by atoms with Gasteiger partial charge in [-0.3, -0.25) is 4.79 Å². The van der Waals surface area contributed by atoms with Crippen LogP contribution in [0.2, 0.25) is 0 Å². The topological polar surface area (TPSA) is 58.6 Å². The molecule has 0 bridgehead atoms. The number of ether oxygens (including phenoxy) is 1. The fraction of sp³-hybridized carbons (Fsp3) is 0.533. The van der Waals surface area contributed by atoms with E-state index in [9.17, 15) is 40.6 Å². The molecule has 0 radical (unpaired) electrons. The smallest absolute Gasteiger partial charge is 0.406 e. The first kappa shape index (κ1) is 22.0. The maximum atomic E-state index is 13.3. The van der Waals surface area contributed by atoms with Gasteiger partial charge in [-0.1, -0.05) is 12.1 Å². The molecule has 11 heteroatoms. The number of carbonyl (C=O) groups is 1. The van der Waals surface area contributed by atoms with Crippen LogP contribution in [0.3, 0.4) is 0 Å². The standard InChI is InChI=1S/C15H16F7NO3/c1-8(9-4-3-5-10(6-9)26-15(20,21)22)23-11(24)7-13(2,25)14(18,19)12(16)17/h3-6,8,12,25H,7H2,1-2H3,(H,23,24)/t8?,13-/m0/s1. The van der Waals surface area contributed by atoms with Gasteiger partial charge in [0.1, 0.15) is 11.4 Å². The normalized spacial score (nSPS) is 16.1. The van der Waals surface area contributed by atoms with Crippen LogP contribution in [0.5, 0.6) is 5.75 Å². The number of benzene rings is 1. The van der Waals surface area contributed by atoms with Crippen molar-refractivity contribution in [3.8, 4) is 5.75 Å². The van der Waals surface area contributed by atoms with Crippen LogP contribution in [0.4, 0.5) is 30.7 Å². The molecule has 2 atom stereocenters. The number of hydrogen-bond donors (Lipinski definition) is 2. The number of halogens is 7. The Kier molecular flexibility index (Phi) is 6.50. The molecule has 4 nitrogen and oxygen atoms in total. The van der Waals surface area contributed by atoms with E-state index < -0.39 is 48.4 Å². The Morgan fingerprint density at radius 3 is 2.31 bits per heavy atom. The average molecular weight is 391 g/mol. The highest BCUT2D eigenvalue weighted by molar-refractivity contribution is 5.77. The van der Waals surface area contributed by atoms with Crippen LogP contribution in [-0.2, 0) is 4.79 Å². The van der Waals surface area contributed by atoms with Gasteiger partial charge in [-0.05, 0) is 31.5 Å². The quantitative estimate of drug-likeness (QED) is 0.696. The van der Waals surface area contributed by atoms with Crippen LogP contribution in [0.25, 0.3) is 0 Å². The SMILES string of the molecule is CC(NC(=O)C[C@](C)(O)C(F)(F)C(F)F)c1cccc(OC(F)(F)F)c1. The number of alkyl halides is 7. The zero-order valence-electron chi connectivity index (χ0n) is 13.6. The Hall–Kier alpha value is -2.04. The molecule has 0 saturated heterocycles. The second-order valence-corrected chi connectivity index (χ2v) is 5.78. The van der Waals surface area contributed by atoms with Crippen molar-refractivity contribution in [2.45, 2.75) is 50.6 Å². The summed E-state index contributed by atoms with van der Waals surface area (Å²) in [5.41, 5.74) is -3.17. The number of amides is 1. The molecule has 0 aliphatic heterocycles. The molecule has 0 aliphatic rings. The largest absolute Gasteiger partial charge is 0.573 e. The summed E-state index contributed by atoms with van der Waals surface area (Å²) < 4.78 is 91.4. The number of nitrogens with one attached hydrogen (secondary N) is 1. The van der Waals surface area contributed by atoms with E-state index in [1.165, 1.54) is 19.1 Å². The summed E-state index contributed by atoms with van der Waals surface area (Å²) in [6, 6.07) is 3.56. The lowest BCUT2D eigenvalue weighted by atomic mass is 9.93. The van der Waals surface area contributed by atoms with Crippen molar-refractivity contribution in [3.05, 3.63) is 29.8 Å². The fourth-order valence-corrected chi connectivity index (χ4v) is 2.02. The van der Waals surface area contributed by atoms with Crippen molar-refractivity contribution >= 4 is 5.91 Å². The van der Waals surface area contributed by atoms with Gasteiger partial charge in [-0.15, -0.1) is 13.2 Å². The molecule has 0 aliphatic carbocycles. The molecule has 0 aromatic heterocycles. The third-order valence-corrected chi connectivity index (χ3v) is 3.47. The summed E-state index contributed by atoms with van der Waals surface area (Å²) in [5, 5.41) is 11.6. The van der Waals surface area contributed by atoms with Gasteiger partial charge in [-0.2, -0.15) is 8.78 Å². The second kappa shape index (κ2) is 7.68. The number of aliphatic hydroxyl groups is 1. The molecule has 1 aromatic rings. The number of rotatable bonds is 7. The van der Waals surface area contributed by atoms with Gasteiger partial charge >= 0.3 is 18.7 Å². The summed E-state index contributed by atoms with van der Waals surface area (Å²) >= 11 is 0. The van der Waals surface area contributed by atoms with Gasteiger partial charge < -0.3 is 15.2 Å². The van der Waals surface area contributed by atoms with E-state index in [0.29, 0.717) is 6.92 Å². The minimum Gasteiger partial charge on any atom is -0.406 e. The molecule has 0 heterocycles. The zero-order valence-corrected chi connectivity index (χ0v) is 13.6. The molecule has 1 amide bonds. The van der Waals surface area contributed by atoms with Crippen LogP contribution in [-0.4, -0.2) is 35.3 Å². The summed E-state index contributed by atoms with van der Waals surface area (Å²) in [5.74, 6) is -6.58. The van der Waals surface area contributed by atoms with Gasteiger partial charge in [0, 0.05) is 0 Å². The lowest BCUT2D eigenvalue weighted by molar-refractivity contribution is -0.274. The molecule has 0 fully saturated rings. The summed E-state index contributed by atoms with van der Waals surface area (Å²) in [4.78, 5) is 11.8. The van der Waals surface area contributed by atoms with E-state index in [1.807, 2.05) is 0 Å². The van der Waals surface area contributed by atoms with Crippen molar-refractivity contribution in [3.63, 3.8) is 0 Å². The van der Waals surface area contributed by atoms with Crippen LogP contribution in [0.1, 0.15) is 31.9 Å². The van der Waals surface area contributed by atoms with E-state index in [2.05, 4.69) is 10.1 Å². The number of carbonyl (C=O) groups excluding carboxylic acids is 1. The monoisotopic (exact) mass is 391 g/mol. The van der Waals surface area contributed by atoms with Crippen molar-refractivity contribution < 1.29 is 45.4 Å². The summed E-state index contributed by atoms with van der Waals surface area (Å²) in [6.07, 6.45) is -10.4. The minimum atomic E-state index is -4.93. The average Bonchev–Trinajstić information content (AvgIpc) is 2.44. The van der Waals surface area contributed by atoms with Gasteiger partial charge in [-0.25, -0.2) is 8.78 Å². The van der Waals surface area contributed by atoms with E-state index in [4.69, 9.17) is 0 Å². The molecule has 0 spiro atoms. The zero-order chi connectivity index (χ0) is 20.3. The lowest BCUT2D eigenvalue weighted by Crippen LogP contribution is -2.53. The first-order chi connectivity index (χ1) is 11.7. The minimum absolute atomic E-state index is 0.139. The predicted octanol–water partition coefficient (Wildman–Crippen LogP) is 3.80. The first-order valence-corrected chi connectivity index (χ1v) is 7.19. The predicted molar refractivity (Wildman–Crippen MR) is 75.9 cm³/mol. The highest BCUT2D eigenvalue weighted by Crippen LogP contribution is 2.37. The summed E-state index contributed by atoms with van der Waals surface area (Å²) in [6.45, 7) is 1.71. The van der Waals surface area contributed by atoms with Crippen LogP contribution < -0.4 is 10.1 Å². The molecule has 2 N–H and O–H groups in total. The summed E-state index contributed by atoms with van der Waals surface area (Å²) in [7, 11) is 0. The van der Waals surface area contributed by atoms with Crippen LogP contribution >= 0.6 is 0 Å². The highest BCUT2D eigenvalue weighted by atomic mass is 19.4. The van der Waals surface area contributed by atoms with Crippen molar-refractivity contribution in [1.82, 2.24) is 5.32 Å². The lowest BCUT2D eigenvalue weighted by Gasteiger charge is -2.31. The number of hydrogen-bond acceptors (Lipinski definition) is 3. The van der Waals surface area contributed by atoms with Crippen molar-refractivity contribution in [1.29, 1.82) is 0 Å². The molecule has 1 rings (SSSR count). The van der Waals surface area contributed by atoms with Gasteiger partial charge in [0.15, 0.2) is 0 Å². The molecule has 1 unspecified atom stereocenters. The van der Waals surface area contributed by atoms with E-state index >= 15 is 0 Å². The first-order valence-electron chi connectivity index (χ1n) is 7.19. The maximum absolute atomic E-state index is 13.3. The highest BCUT2D eigenvalue weighted by Gasteiger charge is 2.57. The molecule has 0 saturated carbocycles. The van der Waals surface area contributed by atoms with E-state index in [1.54, 1.807) is 0 Å². The Morgan fingerprint density at radius 1 is 1.23 bits per heavy atom. The van der Waals surface area contributed by atoms with E-state index in [0.717, 1.165) is 12.1 Å².